The summed E-state index contributed by atoms with van der Waals surface area (Å²) < 4.78 is 15.7. The Hall–Kier alpha value is -5.07. The first kappa shape index (κ1) is 31.5. The van der Waals surface area contributed by atoms with E-state index in [1.807, 2.05) is 30.3 Å². The Morgan fingerprint density at radius 3 is 2.24 bits per heavy atom. The van der Waals surface area contributed by atoms with Crippen molar-refractivity contribution in [3.05, 3.63) is 83.7 Å². The van der Waals surface area contributed by atoms with Crippen LogP contribution >= 0.6 is 0 Å². The summed E-state index contributed by atoms with van der Waals surface area (Å²) in [4.78, 5) is 51.4. The van der Waals surface area contributed by atoms with Crippen LogP contribution in [0.3, 0.4) is 0 Å². The van der Waals surface area contributed by atoms with Gasteiger partial charge in [0.05, 0.1) is 0 Å². The van der Waals surface area contributed by atoms with Gasteiger partial charge in [0.15, 0.2) is 0 Å². The highest BCUT2D eigenvalue weighted by Gasteiger charge is 2.24. The Morgan fingerprint density at radius 1 is 0.833 bits per heavy atom. The fourth-order valence-electron chi connectivity index (χ4n) is 3.60. The first-order chi connectivity index (χ1) is 20.0. The molecule has 0 unspecified atom stereocenters. The van der Waals surface area contributed by atoms with Crippen molar-refractivity contribution in [1.29, 1.82) is 5.41 Å². The van der Waals surface area contributed by atoms with Gasteiger partial charge in [-0.05, 0) is 32.8 Å². The molecule has 13 heteroatoms. The predicted molar refractivity (Wildman–Crippen MR) is 153 cm³/mol. The Morgan fingerprint density at radius 2 is 1.50 bits per heavy atom. The number of amides is 5. The van der Waals surface area contributed by atoms with Gasteiger partial charge in [-0.2, -0.15) is 0 Å². The number of hydrogen-bond acceptors (Lipinski definition) is 8. The third-order valence-electron chi connectivity index (χ3n) is 5.60. The lowest BCUT2D eigenvalue weighted by molar-refractivity contribution is 0.0527. The molecule has 2 aromatic rings. The Kier molecular flexibility index (Phi) is 11.3. The lowest BCUT2D eigenvalue weighted by Gasteiger charge is -2.20. The number of alkyl carbamates (subject to hydrolysis) is 2. The molecule has 5 amide bonds. The van der Waals surface area contributed by atoms with Crippen LogP contribution in [0.25, 0.3) is 0 Å². The van der Waals surface area contributed by atoms with E-state index in [9.17, 15) is 19.2 Å². The van der Waals surface area contributed by atoms with E-state index in [0.29, 0.717) is 30.6 Å². The maximum atomic E-state index is 12.6. The topological polar surface area (TPSA) is 162 Å². The largest absolute Gasteiger partial charge is 0.444 e. The average Bonchev–Trinajstić information content (AvgIpc) is 3.45. The maximum absolute atomic E-state index is 12.6. The molecule has 1 aliphatic heterocycles. The van der Waals surface area contributed by atoms with Crippen LogP contribution in [0.1, 0.15) is 43.9 Å². The van der Waals surface area contributed by atoms with E-state index < -0.39 is 29.9 Å². The van der Waals surface area contributed by atoms with Crippen molar-refractivity contribution >= 4 is 30.1 Å². The number of carbonyl (C=O) groups is 4. The molecule has 0 bridgehead atoms. The van der Waals surface area contributed by atoms with Gasteiger partial charge >= 0.3 is 24.3 Å². The molecule has 0 saturated carbocycles. The fourth-order valence-corrected chi connectivity index (χ4v) is 3.60. The van der Waals surface area contributed by atoms with Gasteiger partial charge in [0.1, 0.15) is 31.3 Å². The van der Waals surface area contributed by atoms with Gasteiger partial charge in [-0.1, -0.05) is 54.6 Å². The molecule has 42 heavy (non-hydrogen) atoms. The minimum Gasteiger partial charge on any atom is -0.444 e. The summed E-state index contributed by atoms with van der Waals surface area (Å²) in [7, 11) is 0. The minimum absolute atomic E-state index is 0.0485. The molecule has 2 aromatic carbocycles. The van der Waals surface area contributed by atoms with E-state index in [2.05, 4.69) is 16.0 Å². The zero-order valence-corrected chi connectivity index (χ0v) is 23.8. The van der Waals surface area contributed by atoms with Gasteiger partial charge in [0.25, 0.3) is 0 Å². The summed E-state index contributed by atoms with van der Waals surface area (Å²) >= 11 is 0. The number of nitrogens with zero attached hydrogens (tertiary/aromatic N) is 2. The molecule has 0 aliphatic carbocycles. The molecule has 0 fully saturated rings. The van der Waals surface area contributed by atoms with Gasteiger partial charge in [-0.3, -0.25) is 20.5 Å². The predicted octanol–water partition coefficient (Wildman–Crippen LogP) is 4.25. The smallest absolute Gasteiger partial charge is 0.415 e. The standard InChI is InChI=1S/C29H36N6O7/c1-29(2,3)42-26(37)32-15-9-14-31-25(36)34-16-17-35(20-34)28(39)41-19-22-12-7-8-13-23(22)24(30)33-27(38)40-18-21-10-5-4-6-11-21/h4-8,10-13,16-17H,9,14-15,18-20H2,1-3H3,(H,31,36)(H,32,37)(H2,30,33,38). The summed E-state index contributed by atoms with van der Waals surface area (Å²) in [6.07, 6.45) is 1.36. The van der Waals surface area contributed by atoms with Crippen molar-refractivity contribution < 1.29 is 33.4 Å². The van der Waals surface area contributed by atoms with E-state index in [4.69, 9.17) is 19.6 Å². The lowest BCUT2D eigenvalue weighted by atomic mass is 10.1. The molecule has 1 aliphatic rings. The van der Waals surface area contributed by atoms with Crippen molar-refractivity contribution in [3.63, 3.8) is 0 Å². The van der Waals surface area contributed by atoms with E-state index >= 15 is 0 Å². The summed E-state index contributed by atoms with van der Waals surface area (Å²) in [5.74, 6) is -0.204. The van der Waals surface area contributed by atoms with E-state index in [0.717, 1.165) is 5.56 Å². The highest BCUT2D eigenvalue weighted by atomic mass is 16.6. The van der Waals surface area contributed by atoms with Crippen LogP contribution in [0.2, 0.25) is 0 Å². The molecular weight excluding hydrogens is 544 g/mol. The SMILES string of the molecule is CC(C)(C)OC(=O)NCCCNC(=O)N1C=CN(C(=O)OCc2ccccc2C(=N)NC(=O)OCc2ccccc2)C1. The molecule has 4 N–H and O–H groups in total. The van der Waals surface area contributed by atoms with Crippen LogP contribution in [-0.4, -0.2) is 65.3 Å². The van der Waals surface area contributed by atoms with Gasteiger partial charge < -0.3 is 24.8 Å². The Bertz CT molecular complexity index is 1290. The van der Waals surface area contributed by atoms with Gasteiger partial charge in [-0.15, -0.1) is 0 Å². The highest BCUT2D eigenvalue weighted by molar-refractivity contribution is 6.05. The van der Waals surface area contributed by atoms with Crippen molar-refractivity contribution in [1.82, 2.24) is 25.8 Å². The molecule has 13 nitrogen and oxygen atoms in total. The van der Waals surface area contributed by atoms with E-state index in [-0.39, 0.29) is 25.7 Å². The first-order valence-corrected chi connectivity index (χ1v) is 13.3. The molecule has 3 rings (SSSR count). The molecule has 224 valence electrons. The number of nitrogens with one attached hydrogen (secondary N) is 4. The molecule has 0 spiro atoms. The molecule has 1 heterocycles. The molecule has 0 atom stereocenters. The van der Waals surface area contributed by atoms with Gasteiger partial charge in [0.2, 0.25) is 0 Å². The molecule has 0 aromatic heterocycles. The van der Waals surface area contributed by atoms with Crippen LogP contribution in [0.5, 0.6) is 0 Å². The number of ether oxygens (including phenoxy) is 3. The number of carbonyl (C=O) groups excluding carboxylic acids is 4. The van der Waals surface area contributed by atoms with Crippen molar-refractivity contribution in [3.8, 4) is 0 Å². The van der Waals surface area contributed by atoms with Crippen LogP contribution in [0.15, 0.2) is 67.0 Å². The zero-order chi connectivity index (χ0) is 30.5. The third kappa shape index (κ3) is 10.5. The second-order valence-electron chi connectivity index (χ2n) is 10.2. The van der Waals surface area contributed by atoms with Crippen molar-refractivity contribution in [2.45, 2.75) is 46.0 Å². The summed E-state index contributed by atoms with van der Waals surface area (Å²) in [6, 6.07) is 15.4. The van der Waals surface area contributed by atoms with Crippen LogP contribution in [0.4, 0.5) is 19.2 Å². The van der Waals surface area contributed by atoms with Gasteiger partial charge in [0, 0.05) is 36.6 Å². The number of rotatable bonds is 9. The second kappa shape index (κ2) is 15.1. The fraction of sp³-hybridized carbons (Fsp3) is 0.345. The quantitative estimate of drug-likeness (QED) is 0.149. The maximum Gasteiger partial charge on any atom is 0.415 e. The van der Waals surface area contributed by atoms with E-state index in [1.54, 1.807) is 45.0 Å². The Balaban J connectivity index is 1.39. The van der Waals surface area contributed by atoms with E-state index in [1.165, 1.54) is 22.2 Å². The van der Waals surface area contributed by atoms with Crippen molar-refractivity contribution in [2.75, 3.05) is 19.8 Å². The van der Waals surface area contributed by atoms with Crippen LogP contribution in [-0.2, 0) is 27.4 Å². The highest BCUT2D eigenvalue weighted by Crippen LogP contribution is 2.14. The monoisotopic (exact) mass is 580 g/mol. The van der Waals surface area contributed by atoms with Crippen molar-refractivity contribution in [2.24, 2.45) is 0 Å². The number of hydrogen-bond donors (Lipinski definition) is 4. The van der Waals surface area contributed by atoms with Gasteiger partial charge in [-0.25, -0.2) is 19.2 Å². The normalized spacial score (nSPS) is 12.4. The minimum atomic E-state index is -0.782. The number of benzene rings is 2. The Labute approximate surface area is 244 Å². The second-order valence-corrected chi connectivity index (χ2v) is 10.2. The van der Waals surface area contributed by atoms with Crippen LogP contribution < -0.4 is 16.0 Å². The lowest BCUT2D eigenvalue weighted by Crippen LogP contribution is -2.41. The molecular formula is C29H36N6O7. The number of urea groups is 1. The molecule has 0 saturated heterocycles. The average molecular weight is 581 g/mol. The first-order valence-electron chi connectivity index (χ1n) is 13.3. The zero-order valence-electron chi connectivity index (χ0n) is 23.8. The summed E-state index contributed by atoms with van der Waals surface area (Å²) in [5.41, 5.74) is 1.08. The summed E-state index contributed by atoms with van der Waals surface area (Å²) in [5, 5.41) is 16.0. The number of amidine groups is 1. The summed E-state index contributed by atoms with van der Waals surface area (Å²) in [6.45, 7) is 5.79. The third-order valence-corrected chi connectivity index (χ3v) is 5.60. The van der Waals surface area contributed by atoms with Crippen LogP contribution in [0, 0.1) is 5.41 Å². The molecule has 0 radical (unpaired) electrons.